The molecule has 2 aromatic carbocycles. The number of piperidine rings is 1. The molecule has 1 aliphatic rings. The molecule has 0 aliphatic carbocycles. The van der Waals surface area contributed by atoms with Crippen molar-refractivity contribution >= 4 is 39.2 Å². The minimum absolute atomic E-state index is 0.157. The Balaban J connectivity index is 1.34. The minimum atomic E-state index is -0.219. The number of rotatable bonds is 5. The van der Waals surface area contributed by atoms with E-state index in [1.165, 1.54) is 22.5 Å². The van der Waals surface area contributed by atoms with Gasteiger partial charge in [0.25, 0.3) is 0 Å². The summed E-state index contributed by atoms with van der Waals surface area (Å²) < 4.78 is 14.9. The van der Waals surface area contributed by atoms with Gasteiger partial charge in [0.05, 0.1) is 15.2 Å². The van der Waals surface area contributed by atoms with Crippen molar-refractivity contribution in [2.24, 2.45) is 0 Å². The molecule has 3 nitrogen and oxygen atoms in total. The van der Waals surface area contributed by atoms with E-state index in [1.54, 1.807) is 23.5 Å². The van der Waals surface area contributed by atoms with Crippen LogP contribution in [0, 0.1) is 5.82 Å². The SMILES string of the molecule is O=C(CCSc1ccccc1F)N1CCC[C@H](c2nc3ccccc3s2)C1. The number of thioether (sulfide) groups is 1. The van der Waals surface area contributed by atoms with Gasteiger partial charge < -0.3 is 4.90 Å². The summed E-state index contributed by atoms with van der Waals surface area (Å²) in [7, 11) is 0. The first-order valence-corrected chi connectivity index (χ1v) is 11.0. The highest BCUT2D eigenvalue weighted by Crippen LogP contribution is 2.33. The van der Waals surface area contributed by atoms with Crippen LogP contribution in [0.25, 0.3) is 10.2 Å². The third kappa shape index (κ3) is 4.33. The normalized spacial score (nSPS) is 17.4. The molecule has 0 spiro atoms. The fourth-order valence-corrected chi connectivity index (χ4v) is 5.41. The number of fused-ring (bicyclic) bond motifs is 1. The van der Waals surface area contributed by atoms with Crippen LogP contribution in [0.1, 0.15) is 30.2 Å². The summed E-state index contributed by atoms with van der Waals surface area (Å²) >= 11 is 3.15. The molecule has 140 valence electrons. The van der Waals surface area contributed by atoms with Crippen LogP contribution in [0.2, 0.25) is 0 Å². The van der Waals surface area contributed by atoms with E-state index < -0.39 is 0 Å². The molecular formula is C21H21FN2OS2. The lowest BCUT2D eigenvalue weighted by atomic mass is 9.98. The summed E-state index contributed by atoms with van der Waals surface area (Å²) in [5.74, 6) is 0.856. The summed E-state index contributed by atoms with van der Waals surface area (Å²) in [6.45, 7) is 1.55. The van der Waals surface area contributed by atoms with E-state index in [2.05, 4.69) is 6.07 Å². The molecule has 3 aromatic rings. The van der Waals surface area contributed by atoms with Crippen LogP contribution in [0.15, 0.2) is 53.4 Å². The highest BCUT2D eigenvalue weighted by Gasteiger charge is 2.26. The number of carbonyl (C=O) groups excluding carboxylic acids is 1. The Bertz CT molecular complexity index is 910. The van der Waals surface area contributed by atoms with Gasteiger partial charge in [-0.1, -0.05) is 24.3 Å². The fraction of sp³-hybridized carbons (Fsp3) is 0.333. The van der Waals surface area contributed by atoms with Crippen molar-refractivity contribution in [3.63, 3.8) is 0 Å². The van der Waals surface area contributed by atoms with Crippen molar-refractivity contribution in [1.29, 1.82) is 0 Å². The zero-order chi connectivity index (χ0) is 18.6. The maximum absolute atomic E-state index is 13.7. The first-order chi connectivity index (χ1) is 13.2. The molecule has 1 aromatic heterocycles. The van der Waals surface area contributed by atoms with E-state index in [0.29, 0.717) is 23.0 Å². The second-order valence-electron chi connectivity index (χ2n) is 6.73. The maximum atomic E-state index is 13.7. The standard InChI is InChI=1S/C21H21FN2OS2/c22-16-7-1-3-9-18(16)26-13-11-20(25)24-12-5-6-15(14-24)21-23-17-8-2-4-10-19(17)27-21/h1-4,7-10,15H,5-6,11-14H2/t15-/m0/s1. The second-order valence-corrected chi connectivity index (χ2v) is 8.93. The summed E-state index contributed by atoms with van der Waals surface area (Å²) in [5.41, 5.74) is 1.04. The highest BCUT2D eigenvalue weighted by atomic mass is 32.2. The van der Waals surface area contributed by atoms with Crippen molar-refractivity contribution in [2.45, 2.75) is 30.1 Å². The Morgan fingerprint density at radius 3 is 2.89 bits per heavy atom. The van der Waals surface area contributed by atoms with E-state index >= 15 is 0 Å². The van der Waals surface area contributed by atoms with Gasteiger partial charge in [0.2, 0.25) is 5.91 Å². The molecule has 1 atom stereocenters. The number of hydrogen-bond donors (Lipinski definition) is 0. The zero-order valence-electron chi connectivity index (χ0n) is 14.9. The Morgan fingerprint density at radius 2 is 2.04 bits per heavy atom. The lowest BCUT2D eigenvalue weighted by molar-refractivity contribution is -0.131. The van der Waals surface area contributed by atoms with Crippen LogP contribution in [0.3, 0.4) is 0 Å². The zero-order valence-corrected chi connectivity index (χ0v) is 16.6. The summed E-state index contributed by atoms with van der Waals surface area (Å²) in [6, 6.07) is 14.9. The molecule has 1 saturated heterocycles. The molecule has 0 saturated carbocycles. The Kier molecular flexibility index (Phi) is 5.74. The van der Waals surface area contributed by atoms with E-state index in [-0.39, 0.29) is 11.7 Å². The van der Waals surface area contributed by atoms with Crippen molar-refractivity contribution in [1.82, 2.24) is 9.88 Å². The lowest BCUT2D eigenvalue weighted by Gasteiger charge is -2.32. The van der Waals surface area contributed by atoms with Gasteiger partial charge >= 0.3 is 0 Å². The summed E-state index contributed by atoms with van der Waals surface area (Å²) in [4.78, 5) is 20.0. The quantitative estimate of drug-likeness (QED) is 0.543. The van der Waals surface area contributed by atoms with Crippen molar-refractivity contribution in [3.05, 3.63) is 59.4 Å². The maximum Gasteiger partial charge on any atom is 0.223 e. The molecule has 6 heteroatoms. The number of hydrogen-bond acceptors (Lipinski definition) is 4. The van der Waals surface area contributed by atoms with E-state index in [4.69, 9.17) is 4.98 Å². The summed E-state index contributed by atoms with van der Waals surface area (Å²) in [6.07, 6.45) is 2.52. The third-order valence-corrected chi connectivity index (χ3v) is 7.09. The van der Waals surface area contributed by atoms with Crippen LogP contribution in [-0.4, -0.2) is 34.6 Å². The molecule has 0 N–H and O–H groups in total. The van der Waals surface area contributed by atoms with E-state index in [1.807, 2.05) is 29.2 Å². The van der Waals surface area contributed by atoms with Crippen molar-refractivity contribution in [3.8, 4) is 0 Å². The van der Waals surface area contributed by atoms with Crippen LogP contribution in [-0.2, 0) is 4.79 Å². The van der Waals surface area contributed by atoms with E-state index in [0.717, 1.165) is 36.5 Å². The molecule has 2 heterocycles. The Morgan fingerprint density at radius 1 is 1.22 bits per heavy atom. The summed E-state index contributed by atoms with van der Waals surface area (Å²) in [5, 5.41) is 1.13. The molecule has 0 bridgehead atoms. The first-order valence-electron chi connectivity index (χ1n) is 9.21. The second kappa shape index (κ2) is 8.40. The molecule has 27 heavy (non-hydrogen) atoms. The van der Waals surface area contributed by atoms with Crippen molar-refractivity contribution < 1.29 is 9.18 Å². The number of para-hydroxylation sites is 1. The number of thiazole rings is 1. The van der Waals surface area contributed by atoms with Crippen LogP contribution < -0.4 is 0 Å². The molecule has 0 radical (unpaired) electrons. The van der Waals surface area contributed by atoms with E-state index in [9.17, 15) is 9.18 Å². The number of carbonyl (C=O) groups is 1. The number of likely N-dealkylation sites (tertiary alicyclic amines) is 1. The third-order valence-electron chi connectivity index (χ3n) is 4.84. The Labute approximate surface area is 166 Å². The number of amides is 1. The van der Waals surface area contributed by atoms with Crippen LogP contribution >= 0.6 is 23.1 Å². The van der Waals surface area contributed by atoms with Gasteiger partial charge in [-0.25, -0.2) is 9.37 Å². The number of nitrogens with zero attached hydrogens (tertiary/aromatic N) is 2. The van der Waals surface area contributed by atoms with Gasteiger partial charge in [0.15, 0.2) is 0 Å². The average molecular weight is 401 g/mol. The fourth-order valence-electron chi connectivity index (χ4n) is 3.44. The minimum Gasteiger partial charge on any atom is -0.342 e. The van der Waals surface area contributed by atoms with Crippen LogP contribution in [0.5, 0.6) is 0 Å². The Hall–Kier alpha value is -1.92. The average Bonchev–Trinajstić information content (AvgIpc) is 3.14. The first kappa shape index (κ1) is 18.4. The molecule has 0 unspecified atom stereocenters. The predicted molar refractivity (Wildman–Crippen MR) is 110 cm³/mol. The molecule has 1 fully saturated rings. The highest BCUT2D eigenvalue weighted by molar-refractivity contribution is 7.99. The lowest BCUT2D eigenvalue weighted by Crippen LogP contribution is -2.39. The molecular weight excluding hydrogens is 379 g/mol. The predicted octanol–water partition coefficient (Wildman–Crippen LogP) is 5.32. The van der Waals surface area contributed by atoms with Gasteiger partial charge in [-0.3, -0.25) is 4.79 Å². The van der Waals surface area contributed by atoms with Crippen LogP contribution in [0.4, 0.5) is 4.39 Å². The van der Waals surface area contributed by atoms with Gasteiger partial charge in [-0.2, -0.15) is 0 Å². The van der Waals surface area contributed by atoms with Gasteiger partial charge in [-0.05, 0) is 37.1 Å². The topological polar surface area (TPSA) is 33.2 Å². The molecule has 4 rings (SSSR count). The number of halogens is 1. The largest absolute Gasteiger partial charge is 0.342 e. The molecule has 1 aliphatic heterocycles. The van der Waals surface area contributed by atoms with Gasteiger partial charge in [0.1, 0.15) is 5.82 Å². The monoisotopic (exact) mass is 400 g/mol. The van der Waals surface area contributed by atoms with Crippen molar-refractivity contribution in [2.75, 3.05) is 18.8 Å². The number of aromatic nitrogens is 1. The number of benzene rings is 2. The van der Waals surface area contributed by atoms with Gasteiger partial charge in [-0.15, -0.1) is 23.1 Å². The van der Waals surface area contributed by atoms with Gasteiger partial charge in [0, 0.05) is 36.1 Å². The molecule has 1 amide bonds. The smallest absolute Gasteiger partial charge is 0.223 e.